The van der Waals surface area contributed by atoms with Crippen molar-refractivity contribution in [1.82, 2.24) is 4.98 Å². The van der Waals surface area contributed by atoms with E-state index in [-0.39, 0.29) is 16.9 Å². The first kappa shape index (κ1) is 24.0. The van der Waals surface area contributed by atoms with Gasteiger partial charge in [-0.2, -0.15) is 10.1 Å². The lowest BCUT2D eigenvalue weighted by molar-refractivity contribution is 0.0988. The molecule has 6 aromatic rings. The minimum absolute atomic E-state index is 0.227. The smallest absolute Gasteiger partial charge is 0.280 e. The van der Waals surface area contributed by atoms with E-state index in [2.05, 4.69) is 26.0 Å². The predicted molar refractivity (Wildman–Crippen MR) is 156 cm³/mol. The number of anilines is 1. The fourth-order valence-corrected chi connectivity index (χ4v) is 5.50. The van der Waals surface area contributed by atoms with Crippen LogP contribution in [0.3, 0.4) is 0 Å². The van der Waals surface area contributed by atoms with Gasteiger partial charge in [-0.3, -0.25) is 9.59 Å². The number of nitrogens with zero attached hydrogens (tertiary/aromatic N) is 3. The molecule has 0 fully saturated rings. The lowest BCUT2D eigenvalue weighted by Gasteiger charge is -2.14. The molecule has 0 spiro atoms. The first-order valence-corrected chi connectivity index (χ1v) is 13.3. The van der Waals surface area contributed by atoms with Gasteiger partial charge in [-0.1, -0.05) is 81.9 Å². The molecule has 0 unspecified atom stereocenters. The molecule has 0 aliphatic carbocycles. The van der Waals surface area contributed by atoms with E-state index in [1.165, 1.54) is 28.8 Å². The molecule has 0 saturated carbocycles. The Labute approximate surface area is 229 Å². The summed E-state index contributed by atoms with van der Waals surface area (Å²) in [5.41, 5.74) is 3.71. The maximum Gasteiger partial charge on any atom is 0.280 e. The van der Waals surface area contributed by atoms with E-state index in [9.17, 15) is 9.59 Å². The van der Waals surface area contributed by atoms with Crippen LogP contribution in [0.4, 0.5) is 5.13 Å². The predicted octanol–water partition coefficient (Wildman–Crippen LogP) is 7.51. The summed E-state index contributed by atoms with van der Waals surface area (Å²) in [4.78, 5) is 31.4. The van der Waals surface area contributed by atoms with Crippen LogP contribution in [0.2, 0.25) is 0 Å². The minimum Gasteiger partial charge on any atom is -0.463 e. The molecule has 0 aliphatic heterocycles. The van der Waals surface area contributed by atoms with Crippen molar-refractivity contribution < 1.29 is 9.21 Å². The van der Waals surface area contributed by atoms with Gasteiger partial charge in [0.15, 0.2) is 0 Å². The van der Waals surface area contributed by atoms with Gasteiger partial charge >= 0.3 is 0 Å². The van der Waals surface area contributed by atoms with E-state index >= 15 is 0 Å². The third-order valence-electron chi connectivity index (χ3n) is 5.97. The van der Waals surface area contributed by atoms with Crippen LogP contribution >= 0.6 is 27.3 Å². The van der Waals surface area contributed by atoms with E-state index in [1.807, 2.05) is 60.7 Å². The number of thiazole rings is 1. The van der Waals surface area contributed by atoms with Crippen molar-refractivity contribution in [1.29, 1.82) is 0 Å². The van der Waals surface area contributed by atoms with Crippen molar-refractivity contribution in [3.05, 3.63) is 129 Å². The summed E-state index contributed by atoms with van der Waals surface area (Å²) in [6.07, 6.45) is 2.69. The van der Waals surface area contributed by atoms with Crippen LogP contribution in [0.15, 0.2) is 122 Å². The lowest BCUT2D eigenvalue weighted by Crippen LogP contribution is -2.26. The number of hydrogen-bond acceptors (Lipinski definition) is 6. The molecule has 4 aromatic carbocycles. The molecule has 0 radical (unpaired) electrons. The summed E-state index contributed by atoms with van der Waals surface area (Å²) in [5, 5.41) is 6.49. The number of halogens is 1. The highest BCUT2D eigenvalue weighted by Crippen LogP contribution is 2.32. The van der Waals surface area contributed by atoms with Gasteiger partial charge in [-0.25, -0.2) is 4.98 Å². The molecule has 38 heavy (non-hydrogen) atoms. The Morgan fingerprint density at radius 2 is 1.66 bits per heavy atom. The number of carbonyl (C=O) groups is 1. The molecule has 2 aromatic heterocycles. The van der Waals surface area contributed by atoms with Crippen LogP contribution in [0, 0.1) is 0 Å². The Kier molecular flexibility index (Phi) is 6.41. The van der Waals surface area contributed by atoms with Crippen LogP contribution in [0.1, 0.15) is 15.9 Å². The number of aromatic nitrogens is 1. The summed E-state index contributed by atoms with van der Waals surface area (Å²) < 4.78 is 7.41. The number of fused-ring (bicyclic) bond motifs is 2. The molecular formula is C30H18BrN3O3S. The van der Waals surface area contributed by atoms with Crippen molar-refractivity contribution in [2.75, 3.05) is 5.01 Å². The third kappa shape index (κ3) is 4.67. The summed E-state index contributed by atoms with van der Waals surface area (Å²) in [5.74, 6) is -0.371. The Balaban J connectivity index is 1.40. The zero-order chi connectivity index (χ0) is 26.1. The molecule has 8 heteroatoms. The highest BCUT2D eigenvalue weighted by atomic mass is 79.9. The zero-order valence-electron chi connectivity index (χ0n) is 19.7. The SMILES string of the molecule is O=C(c1ccc(-c2ccccc2)cc1)N(/N=C/c1coc2ccccc2c1=O)c1nc2ccc(Br)cc2s1. The number of rotatable bonds is 5. The molecule has 6 rings (SSSR count). The number of hydrazone groups is 1. The second-order valence-electron chi connectivity index (χ2n) is 8.43. The number of carbonyl (C=O) groups excluding carboxylic acids is 1. The summed E-state index contributed by atoms with van der Waals surface area (Å²) in [6.45, 7) is 0. The van der Waals surface area contributed by atoms with Crippen molar-refractivity contribution in [2.45, 2.75) is 0 Å². The van der Waals surface area contributed by atoms with Gasteiger partial charge in [0, 0.05) is 10.0 Å². The van der Waals surface area contributed by atoms with Crippen LogP contribution in [-0.2, 0) is 0 Å². The Hall–Kier alpha value is -4.40. The number of amides is 1. The molecule has 0 aliphatic rings. The second-order valence-corrected chi connectivity index (χ2v) is 10.4. The van der Waals surface area contributed by atoms with Gasteiger partial charge in [0.25, 0.3) is 5.91 Å². The molecule has 2 heterocycles. The van der Waals surface area contributed by atoms with Gasteiger partial charge in [-0.15, -0.1) is 0 Å². The molecule has 0 N–H and O–H groups in total. The van der Waals surface area contributed by atoms with Gasteiger partial charge < -0.3 is 4.42 Å². The van der Waals surface area contributed by atoms with Crippen molar-refractivity contribution >= 4 is 65.7 Å². The normalized spacial score (nSPS) is 11.4. The van der Waals surface area contributed by atoms with Crippen LogP contribution in [0.25, 0.3) is 32.3 Å². The monoisotopic (exact) mass is 579 g/mol. The van der Waals surface area contributed by atoms with Crippen LogP contribution in [-0.4, -0.2) is 17.1 Å². The Morgan fingerprint density at radius 3 is 2.47 bits per heavy atom. The molecule has 0 bridgehead atoms. The molecular weight excluding hydrogens is 562 g/mol. The van der Waals surface area contributed by atoms with Crippen molar-refractivity contribution in [3.8, 4) is 11.1 Å². The van der Waals surface area contributed by atoms with Crippen molar-refractivity contribution in [3.63, 3.8) is 0 Å². The second kappa shape index (κ2) is 10.2. The summed E-state index contributed by atoms with van der Waals surface area (Å²) in [6, 6.07) is 30.0. The number of benzene rings is 4. The van der Waals surface area contributed by atoms with E-state index in [0.29, 0.717) is 21.7 Å². The van der Waals surface area contributed by atoms with Crippen LogP contribution < -0.4 is 10.4 Å². The molecule has 0 saturated heterocycles. The highest BCUT2D eigenvalue weighted by Gasteiger charge is 2.21. The zero-order valence-corrected chi connectivity index (χ0v) is 22.1. The minimum atomic E-state index is -0.371. The van der Waals surface area contributed by atoms with Crippen molar-refractivity contribution in [2.24, 2.45) is 5.10 Å². The first-order valence-electron chi connectivity index (χ1n) is 11.7. The Bertz CT molecular complexity index is 1880. The highest BCUT2D eigenvalue weighted by molar-refractivity contribution is 9.10. The fraction of sp³-hybridized carbons (Fsp3) is 0. The number of hydrogen-bond donors (Lipinski definition) is 0. The first-order chi connectivity index (χ1) is 18.6. The molecule has 6 nitrogen and oxygen atoms in total. The Morgan fingerprint density at radius 1 is 0.921 bits per heavy atom. The summed E-state index contributed by atoms with van der Waals surface area (Å²) in [7, 11) is 0. The van der Waals surface area contributed by atoms with Gasteiger partial charge in [-0.05, 0) is 53.6 Å². The maximum absolute atomic E-state index is 13.7. The molecule has 184 valence electrons. The van der Waals surface area contributed by atoms with Crippen LogP contribution in [0.5, 0.6) is 0 Å². The maximum atomic E-state index is 13.7. The summed E-state index contributed by atoms with van der Waals surface area (Å²) >= 11 is 4.82. The van der Waals surface area contributed by atoms with Gasteiger partial charge in [0.1, 0.15) is 11.8 Å². The topological polar surface area (TPSA) is 75.8 Å². The average Bonchev–Trinajstić information content (AvgIpc) is 3.37. The standard InChI is InChI=1S/C30H18BrN3O3S/c31-23-14-15-25-27(16-23)38-30(33-25)34(32-17-22-18-37-26-9-5-4-8-24(26)28(22)35)29(36)21-12-10-20(11-13-21)19-6-2-1-3-7-19/h1-18H/b32-17+. The lowest BCUT2D eigenvalue weighted by atomic mass is 10.0. The number of para-hydroxylation sites is 1. The molecule has 0 atom stereocenters. The van der Waals surface area contributed by atoms with Gasteiger partial charge in [0.2, 0.25) is 10.6 Å². The van der Waals surface area contributed by atoms with E-state index in [1.54, 1.807) is 36.4 Å². The van der Waals surface area contributed by atoms with E-state index in [0.717, 1.165) is 25.8 Å². The van der Waals surface area contributed by atoms with E-state index < -0.39 is 0 Å². The largest absolute Gasteiger partial charge is 0.463 e. The molecule has 1 amide bonds. The van der Waals surface area contributed by atoms with Gasteiger partial charge in [0.05, 0.1) is 27.4 Å². The third-order valence-corrected chi connectivity index (χ3v) is 7.46. The fourth-order valence-electron chi connectivity index (χ4n) is 4.03. The average molecular weight is 580 g/mol. The quantitative estimate of drug-likeness (QED) is 0.156. The van der Waals surface area contributed by atoms with E-state index in [4.69, 9.17) is 4.42 Å².